The second-order valence-electron chi connectivity index (χ2n) is 3.15. The number of aromatic amines is 1. The largest absolute Gasteiger partial charge is 0.476 e. The van der Waals surface area contributed by atoms with Gasteiger partial charge in [-0.3, -0.25) is 0 Å². The molecule has 0 bridgehead atoms. The van der Waals surface area contributed by atoms with Gasteiger partial charge in [-0.05, 0) is 28.1 Å². The number of esters is 1. The van der Waals surface area contributed by atoms with Gasteiger partial charge in [-0.15, -0.1) is 10.2 Å². The minimum absolute atomic E-state index is 0.266. The first-order chi connectivity index (χ1) is 8.59. The zero-order valence-electron chi connectivity index (χ0n) is 8.75. The normalized spacial score (nSPS) is 10.1. The fraction of sp³-hybridized carbons (Fsp3) is 0. The fourth-order valence-electron chi connectivity index (χ4n) is 1.20. The summed E-state index contributed by atoms with van der Waals surface area (Å²) in [5.41, 5.74) is -0.856. The van der Waals surface area contributed by atoms with Crippen molar-refractivity contribution >= 4 is 27.9 Å². The Balaban J connectivity index is 2.25. The number of carbonyl (C=O) groups excluding carboxylic acids is 1. The van der Waals surface area contributed by atoms with Gasteiger partial charge in [-0.1, -0.05) is 12.1 Å². The van der Waals surface area contributed by atoms with Gasteiger partial charge in [0.15, 0.2) is 0 Å². The molecule has 8 heteroatoms. The van der Waals surface area contributed by atoms with Crippen LogP contribution in [0.2, 0.25) is 0 Å². The average Bonchev–Trinajstić information content (AvgIpc) is 2.81. The number of H-pyrrole nitrogens is 1. The minimum atomic E-state index is -1.36. The highest BCUT2D eigenvalue weighted by atomic mass is 79.9. The topological polar surface area (TPSA) is 105 Å². The van der Waals surface area contributed by atoms with Crippen molar-refractivity contribution in [1.82, 2.24) is 15.4 Å². The standard InChI is InChI=1S/C10H6BrN3O4/c11-5-3-1-2-4-6(5)18-10(17)8-7(9(15)16)12-14-13-8/h1-4H,(H,15,16)(H,12,13,14). The third-order valence-electron chi connectivity index (χ3n) is 1.98. The highest BCUT2D eigenvalue weighted by Crippen LogP contribution is 2.24. The Kier molecular flexibility index (Phi) is 3.38. The van der Waals surface area contributed by atoms with Crippen LogP contribution >= 0.6 is 15.9 Å². The van der Waals surface area contributed by atoms with Crippen molar-refractivity contribution in [3.05, 3.63) is 40.1 Å². The highest BCUT2D eigenvalue weighted by molar-refractivity contribution is 9.10. The van der Waals surface area contributed by atoms with Crippen LogP contribution < -0.4 is 4.74 Å². The van der Waals surface area contributed by atoms with Gasteiger partial charge in [-0.2, -0.15) is 5.21 Å². The van der Waals surface area contributed by atoms with Crippen LogP contribution in [0, 0.1) is 0 Å². The van der Waals surface area contributed by atoms with Crippen molar-refractivity contribution in [2.75, 3.05) is 0 Å². The summed E-state index contributed by atoms with van der Waals surface area (Å²) in [7, 11) is 0. The van der Waals surface area contributed by atoms with Gasteiger partial charge in [0.2, 0.25) is 11.4 Å². The van der Waals surface area contributed by atoms with E-state index in [0.29, 0.717) is 4.47 Å². The molecule has 0 aliphatic rings. The van der Waals surface area contributed by atoms with Gasteiger partial charge in [0.25, 0.3) is 0 Å². The van der Waals surface area contributed by atoms with Crippen molar-refractivity contribution < 1.29 is 19.4 Å². The number of carbonyl (C=O) groups is 2. The van der Waals surface area contributed by atoms with Crippen molar-refractivity contribution in [3.8, 4) is 5.75 Å². The number of hydrogen-bond donors (Lipinski definition) is 2. The van der Waals surface area contributed by atoms with Crippen LogP contribution in [-0.4, -0.2) is 32.5 Å². The maximum atomic E-state index is 11.7. The SMILES string of the molecule is O=C(O)c1n[nH]nc1C(=O)Oc1ccccc1Br. The van der Waals surface area contributed by atoms with Crippen LogP contribution in [0.1, 0.15) is 21.0 Å². The molecule has 0 aliphatic heterocycles. The second-order valence-corrected chi connectivity index (χ2v) is 4.00. The lowest BCUT2D eigenvalue weighted by molar-refractivity contribution is 0.0660. The molecule has 0 atom stereocenters. The summed E-state index contributed by atoms with van der Waals surface area (Å²) in [6.07, 6.45) is 0. The number of rotatable bonds is 3. The van der Waals surface area contributed by atoms with E-state index < -0.39 is 17.6 Å². The van der Waals surface area contributed by atoms with E-state index in [9.17, 15) is 9.59 Å². The molecule has 0 amide bonds. The number of aromatic carboxylic acids is 1. The average molecular weight is 312 g/mol. The Bertz CT molecular complexity index is 611. The molecule has 7 nitrogen and oxygen atoms in total. The molecule has 2 N–H and O–H groups in total. The molecule has 0 radical (unpaired) electrons. The molecule has 1 aromatic carbocycles. The number of ether oxygens (including phenoxy) is 1. The molecule has 0 unspecified atom stereocenters. The van der Waals surface area contributed by atoms with Crippen molar-refractivity contribution in [2.24, 2.45) is 0 Å². The summed E-state index contributed by atoms with van der Waals surface area (Å²) in [6.45, 7) is 0. The smallest absolute Gasteiger partial charge is 0.366 e. The predicted octanol–water partition coefficient (Wildman–Crippen LogP) is 1.48. The molecule has 1 heterocycles. The number of hydrogen-bond acceptors (Lipinski definition) is 5. The molecule has 0 fully saturated rings. The molecular weight excluding hydrogens is 306 g/mol. The molecule has 0 aliphatic carbocycles. The molecule has 18 heavy (non-hydrogen) atoms. The van der Waals surface area contributed by atoms with Crippen molar-refractivity contribution in [3.63, 3.8) is 0 Å². The number of para-hydroxylation sites is 1. The Morgan fingerprint density at radius 1 is 1.22 bits per heavy atom. The lowest BCUT2D eigenvalue weighted by atomic mass is 10.3. The highest BCUT2D eigenvalue weighted by Gasteiger charge is 2.23. The van der Waals surface area contributed by atoms with Crippen LogP contribution in [0.3, 0.4) is 0 Å². The van der Waals surface area contributed by atoms with Gasteiger partial charge in [0.1, 0.15) is 5.75 Å². The monoisotopic (exact) mass is 311 g/mol. The molecule has 0 saturated carbocycles. The van der Waals surface area contributed by atoms with E-state index >= 15 is 0 Å². The number of aromatic nitrogens is 3. The zero-order chi connectivity index (χ0) is 13.1. The van der Waals surface area contributed by atoms with Crippen molar-refractivity contribution in [1.29, 1.82) is 0 Å². The van der Waals surface area contributed by atoms with E-state index in [2.05, 4.69) is 31.3 Å². The summed E-state index contributed by atoms with van der Waals surface area (Å²) in [4.78, 5) is 22.5. The number of halogens is 1. The first-order valence-electron chi connectivity index (χ1n) is 4.70. The number of nitrogens with one attached hydrogen (secondary N) is 1. The maximum Gasteiger partial charge on any atom is 0.366 e. The lowest BCUT2D eigenvalue weighted by Crippen LogP contribution is -2.14. The van der Waals surface area contributed by atoms with E-state index in [0.717, 1.165) is 0 Å². The summed E-state index contributed by atoms with van der Waals surface area (Å²) in [5.74, 6) is -1.99. The molecule has 0 spiro atoms. The van der Waals surface area contributed by atoms with Crippen LogP contribution in [0.4, 0.5) is 0 Å². The third kappa shape index (κ3) is 2.38. The van der Waals surface area contributed by atoms with Crippen molar-refractivity contribution in [2.45, 2.75) is 0 Å². The van der Waals surface area contributed by atoms with Gasteiger partial charge >= 0.3 is 11.9 Å². The molecule has 2 rings (SSSR count). The maximum absolute atomic E-state index is 11.7. The van der Waals surface area contributed by atoms with Gasteiger partial charge in [-0.25, -0.2) is 9.59 Å². The Morgan fingerprint density at radius 3 is 2.56 bits per heavy atom. The first kappa shape index (κ1) is 12.2. The summed E-state index contributed by atoms with van der Waals surface area (Å²) >= 11 is 3.20. The van der Waals surface area contributed by atoms with Gasteiger partial charge < -0.3 is 9.84 Å². The molecule has 92 valence electrons. The van der Waals surface area contributed by atoms with Crippen LogP contribution in [0.15, 0.2) is 28.7 Å². The fourth-order valence-corrected chi connectivity index (χ4v) is 1.56. The predicted molar refractivity (Wildman–Crippen MR) is 62.4 cm³/mol. The number of carboxylic acid groups (broad SMARTS) is 1. The Hall–Kier alpha value is -2.22. The van der Waals surface area contributed by atoms with Crippen LogP contribution in [0.5, 0.6) is 5.75 Å². The van der Waals surface area contributed by atoms with Gasteiger partial charge in [0, 0.05) is 0 Å². The van der Waals surface area contributed by atoms with E-state index in [1.54, 1.807) is 24.3 Å². The van der Waals surface area contributed by atoms with E-state index in [-0.39, 0.29) is 11.4 Å². The molecule has 1 aromatic heterocycles. The summed E-state index contributed by atoms with van der Waals surface area (Å²) in [6, 6.07) is 6.67. The summed E-state index contributed by atoms with van der Waals surface area (Å²) < 4.78 is 5.58. The van der Waals surface area contributed by atoms with E-state index in [1.807, 2.05) is 0 Å². The summed E-state index contributed by atoms with van der Waals surface area (Å²) in [5, 5.41) is 17.7. The third-order valence-corrected chi connectivity index (χ3v) is 2.64. The minimum Gasteiger partial charge on any atom is -0.476 e. The molecule has 0 saturated heterocycles. The quantitative estimate of drug-likeness (QED) is 0.657. The van der Waals surface area contributed by atoms with Crippen LogP contribution in [0.25, 0.3) is 0 Å². The van der Waals surface area contributed by atoms with E-state index in [4.69, 9.17) is 9.84 Å². The Labute approximate surface area is 109 Å². The lowest BCUT2D eigenvalue weighted by Gasteiger charge is -2.04. The zero-order valence-corrected chi connectivity index (χ0v) is 10.3. The molecular formula is C10H6BrN3O4. The van der Waals surface area contributed by atoms with Gasteiger partial charge in [0.05, 0.1) is 4.47 Å². The van der Waals surface area contributed by atoms with Crippen LogP contribution in [-0.2, 0) is 0 Å². The second kappa shape index (κ2) is 4.96. The number of carboxylic acids is 1. The number of nitrogens with zero attached hydrogens (tertiary/aromatic N) is 2. The molecule has 2 aromatic rings. The number of benzene rings is 1. The first-order valence-corrected chi connectivity index (χ1v) is 5.49. The Morgan fingerprint density at radius 2 is 1.89 bits per heavy atom. The van der Waals surface area contributed by atoms with E-state index in [1.165, 1.54) is 0 Å².